The Bertz CT molecular complexity index is 665. The topological polar surface area (TPSA) is 153 Å². The second-order valence-corrected chi connectivity index (χ2v) is 5.24. The molecule has 1 aliphatic rings. The fourth-order valence-corrected chi connectivity index (χ4v) is 2.40. The van der Waals surface area contributed by atoms with Crippen molar-refractivity contribution >= 4 is 22.6 Å². The number of nitrogens with zero attached hydrogens (tertiary/aromatic N) is 4. The van der Waals surface area contributed by atoms with E-state index in [9.17, 15) is 14.7 Å². The van der Waals surface area contributed by atoms with Crippen LogP contribution in [0.25, 0.3) is 10.4 Å². The standard InChI is InChI=1S/C9H10IN5O5/c10-3-1-15(9(19)12-7(3)18)8-6(17)5(13-14-11)4(2-16)20-8/h1,4-6,8,16-17H,2H2,(H,12,18,19)/t4-,5-,6-,8-/m1/s1. The van der Waals surface area contributed by atoms with E-state index in [4.69, 9.17) is 15.4 Å². The number of H-pyrrole nitrogens is 1. The first-order valence-corrected chi connectivity index (χ1v) is 6.57. The Kier molecular flexibility index (Phi) is 4.45. The lowest BCUT2D eigenvalue weighted by Gasteiger charge is -2.17. The first kappa shape index (κ1) is 15.0. The molecule has 20 heavy (non-hydrogen) atoms. The van der Waals surface area contributed by atoms with E-state index in [1.54, 1.807) is 22.6 Å². The van der Waals surface area contributed by atoms with Crippen molar-refractivity contribution in [3.63, 3.8) is 0 Å². The highest BCUT2D eigenvalue weighted by molar-refractivity contribution is 14.1. The highest BCUT2D eigenvalue weighted by atomic mass is 127. The van der Waals surface area contributed by atoms with Gasteiger partial charge in [0.15, 0.2) is 6.23 Å². The van der Waals surface area contributed by atoms with Crippen LogP contribution >= 0.6 is 22.6 Å². The van der Waals surface area contributed by atoms with Crippen molar-refractivity contribution in [3.8, 4) is 0 Å². The normalized spacial score (nSPS) is 29.1. The van der Waals surface area contributed by atoms with Crippen molar-refractivity contribution in [1.82, 2.24) is 9.55 Å². The van der Waals surface area contributed by atoms with Crippen LogP contribution in [0.1, 0.15) is 6.23 Å². The number of aromatic amines is 1. The molecule has 3 N–H and O–H groups in total. The summed E-state index contributed by atoms with van der Waals surface area (Å²) >= 11 is 1.72. The SMILES string of the molecule is [N-]=[N+]=N[C@H]1[C@@H](O)[C@H](n2cc(I)c(=O)[nH]c2=O)O[C@@H]1CO. The molecule has 1 saturated heterocycles. The molecule has 11 heteroatoms. The average molecular weight is 395 g/mol. The molecule has 2 rings (SSSR count). The number of ether oxygens (including phenoxy) is 1. The Balaban J connectivity index is 2.44. The van der Waals surface area contributed by atoms with Gasteiger partial charge in [-0.1, -0.05) is 5.11 Å². The summed E-state index contributed by atoms with van der Waals surface area (Å²) in [6.07, 6.45) is -2.17. The van der Waals surface area contributed by atoms with E-state index in [-0.39, 0.29) is 3.57 Å². The highest BCUT2D eigenvalue weighted by Crippen LogP contribution is 2.30. The minimum absolute atomic E-state index is 0.228. The number of hydrogen-bond donors (Lipinski definition) is 3. The van der Waals surface area contributed by atoms with E-state index >= 15 is 0 Å². The number of aromatic nitrogens is 2. The first-order valence-electron chi connectivity index (χ1n) is 5.49. The maximum Gasteiger partial charge on any atom is 0.330 e. The second-order valence-electron chi connectivity index (χ2n) is 4.08. The maximum atomic E-state index is 11.7. The summed E-state index contributed by atoms with van der Waals surface area (Å²) in [5, 5.41) is 22.6. The summed E-state index contributed by atoms with van der Waals surface area (Å²) in [5.74, 6) is 0. The lowest BCUT2D eigenvalue weighted by Crippen LogP contribution is -2.38. The molecule has 0 unspecified atom stereocenters. The first-order chi connectivity index (χ1) is 9.49. The fraction of sp³-hybridized carbons (Fsp3) is 0.556. The Morgan fingerprint density at radius 1 is 1.60 bits per heavy atom. The molecule has 0 bridgehead atoms. The van der Waals surface area contributed by atoms with Gasteiger partial charge in [0, 0.05) is 11.1 Å². The number of hydrogen-bond acceptors (Lipinski definition) is 6. The Hall–Kier alpha value is -1.40. The van der Waals surface area contributed by atoms with Gasteiger partial charge < -0.3 is 14.9 Å². The summed E-state index contributed by atoms with van der Waals surface area (Å²) in [6.45, 7) is -0.480. The van der Waals surface area contributed by atoms with E-state index in [1.165, 1.54) is 6.20 Å². The largest absolute Gasteiger partial charge is 0.394 e. The molecule has 4 atom stereocenters. The Morgan fingerprint density at radius 3 is 2.90 bits per heavy atom. The van der Waals surface area contributed by atoms with Gasteiger partial charge in [-0.05, 0) is 28.1 Å². The van der Waals surface area contributed by atoms with Gasteiger partial charge in [-0.25, -0.2) is 4.79 Å². The van der Waals surface area contributed by atoms with Crippen LogP contribution in [0.2, 0.25) is 0 Å². The van der Waals surface area contributed by atoms with Crippen molar-refractivity contribution in [2.75, 3.05) is 6.61 Å². The average Bonchev–Trinajstić information content (AvgIpc) is 2.72. The van der Waals surface area contributed by atoms with Gasteiger partial charge in [-0.3, -0.25) is 14.3 Å². The molecule has 0 radical (unpaired) electrons. The van der Waals surface area contributed by atoms with Gasteiger partial charge in [0.2, 0.25) is 0 Å². The van der Waals surface area contributed by atoms with Gasteiger partial charge in [0.05, 0.1) is 22.3 Å². The van der Waals surface area contributed by atoms with Crippen LogP contribution in [0, 0.1) is 3.57 Å². The zero-order valence-electron chi connectivity index (χ0n) is 9.88. The lowest BCUT2D eigenvalue weighted by molar-refractivity contribution is -0.0533. The molecular weight excluding hydrogens is 385 g/mol. The summed E-state index contributed by atoms with van der Waals surface area (Å²) in [7, 11) is 0. The smallest absolute Gasteiger partial charge is 0.330 e. The number of halogens is 1. The van der Waals surface area contributed by atoms with Crippen molar-refractivity contribution < 1.29 is 14.9 Å². The van der Waals surface area contributed by atoms with Crippen LogP contribution in [-0.4, -0.2) is 44.6 Å². The minimum Gasteiger partial charge on any atom is -0.394 e. The molecule has 10 nitrogen and oxygen atoms in total. The number of nitrogens with one attached hydrogen (secondary N) is 1. The van der Waals surface area contributed by atoms with Gasteiger partial charge in [-0.15, -0.1) is 0 Å². The van der Waals surface area contributed by atoms with Crippen molar-refractivity contribution in [2.45, 2.75) is 24.5 Å². The highest BCUT2D eigenvalue weighted by Gasteiger charge is 2.44. The molecule has 2 heterocycles. The van der Waals surface area contributed by atoms with Gasteiger partial charge >= 0.3 is 5.69 Å². The van der Waals surface area contributed by atoms with Crippen molar-refractivity contribution in [1.29, 1.82) is 0 Å². The third kappa shape index (κ3) is 2.58. The molecule has 0 spiro atoms. The Labute approximate surface area is 124 Å². The van der Waals surface area contributed by atoms with E-state index in [2.05, 4.69) is 15.0 Å². The zero-order valence-corrected chi connectivity index (χ0v) is 12.0. The summed E-state index contributed by atoms with van der Waals surface area (Å²) in [6, 6.07) is -1.02. The molecule has 1 aliphatic heterocycles. The minimum atomic E-state index is -1.32. The van der Waals surface area contributed by atoms with Crippen LogP contribution in [0.3, 0.4) is 0 Å². The zero-order chi connectivity index (χ0) is 14.9. The number of aliphatic hydroxyl groups excluding tert-OH is 2. The van der Waals surface area contributed by atoms with Crippen molar-refractivity contribution in [2.24, 2.45) is 5.11 Å². The second kappa shape index (κ2) is 5.93. The molecule has 0 saturated carbocycles. The lowest BCUT2D eigenvalue weighted by atomic mass is 10.1. The maximum absolute atomic E-state index is 11.7. The van der Waals surface area contributed by atoms with E-state index in [0.717, 1.165) is 4.57 Å². The van der Waals surface area contributed by atoms with Gasteiger partial charge in [0.25, 0.3) is 5.56 Å². The third-order valence-corrected chi connectivity index (χ3v) is 3.67. The number of azide groups is 1. The third-order valence-electron chi connectivity index (χ3n) is 2.90. The van der Waals surface area contributed by atoms with Crippen LogP contribution < -0.4 is 11.2 Å². The van der Waals surface area contributed by atoms with Crippen LogP contribution in [0.5, 0.6) is 0 Å². The quantitative estimate of drug-likeness (QED) is 0.261. The fourth-order valence-electron chi connectivity index (χ4n) is 1.96. The number of rotatable bonds is 3. The molecule has 0 aromatic carbocycles. The van der Waals surface area contributed by atoms with E-state index in [1.807, 2.05) is 0 Å². The summed E-state index contributed by atoms with van der Waals surface area (Å²) in [5.41, 5.74) is 7.13. The van der Waals surface area contributed by atoms with E-state index in [0.29, 0.717) is 0 Å². The molecule has 1 fully saturated rings. The van der Waals surface area contributed by atoms with Crippen LogP contribution in [-0.2, 0) is 4.74 Å². The van der Waals surface area contributed by atoms with Crippen LogP contribution in [0.15, 0.2) is 20.9 Å². The summed E-state index contributed by atoms with van der Waals surface area (Å²) < 4.78 is 6.54. The van der Waals surface area contributed by atoms with E-state index < -0.39 is 42.3 Å². The molecular formula is C9H10IN5O5. The van der Waals surface area contributed by atoms with Crippen LogP contribution in [0.4, 0.5) is 0 Å². The summed E-state index contributed by atoms with van der Waals surface area (Å²) in [4.78, 5) is 27.7. The monoisotopic (exact) mass is 395 g/mol. The van der Waals surface area contributed by atoms with Gasteiger partial charge in [-0.2, -0.15) is 0 Å². The molecule has 1 aromatic rings. The van der Waals surface area contributed by atoms with Gasteiger partial charge in [0.1, 0.15) is 6.10 Å². The number of aliphatic hydroxyl groups is 2. The molecule has 0 amide bonds. The molecule has 0 aliphatic carbocycles. The molecule has 1 aromatic heterocycles. The predicted molar refractivity (Wildman–Crippen MR) is 74.0 cm³/mol. The van der Waals surface area contributed by atoms with Crippen molar-refractivity contribution in [3.05, 3.63) is 41.0 Å². The predicted octanol–water partition coefficient (Wildman–Crippen LogP) is -0.929. The molecule has 108 valence electrons. The Morgan fingerprint density at radius 2 is 2.30 bits per heavy atom.